The number of benzene rings is 1. The van der Waals surface area contributed by atoms with Gasteiger partial charge in [-0.2, -0.15) is 0 Å². The first-order chi connectivity index (χ1) is 16.4. The molecular weight excluding hydrogens is 435 g/mol. The van der Waals surface area contributed by atoms with Gasteiger partial charge in [-0.15, -0.1) is 0 Å². The summed E-state index contributed by atoms with van der Waals surface area (Å²) in [6.07, 6.45) is 3.84. The molecule has 1 saturated carbocycles. The van der Waals surface area contributed by atoms with Crippen molar-refractivity contribution in [2.75, 3.05) is 40.3 Å². The van der Waals surface area contributed by atoms with Crippen LogP contribution in [-0.4, -0.2) is 86.1 Å². The van der Waals surface area contributed by atoms with Crippen LogP contribution in [0.4, 0.5) is 4.39 Å². The fraction of sp³-hybridized carbons (Fsp3) is 0.680. The van der Waals surface area contributed by atoms with E-state index in [2.05, 4.69) is 38.2 Å². The van der Waals surface area contributed by atoms with E-state index in [1.807, 2.05) is 19.2 Å². The monoisotopic (exact) mass is 474 g/mol. The molecule has 1 aromatic rings. The van der Waals surface area contributed by atoms with Gasteiger partial charge in [-0.3, -0.25) is 24.8 Å². The molecular formula is C25H39FN6O2. The average molecular weight is 475 g/mol. The van der Waals surface area contributed by atoms with Crippen LogP contribution >= 0.6 is 0 Å². The number of piperazine rings is 1. The van der Waals surface area contributed by atoms with Gasteiger partial charge in [0.05, 0.1) is 0 Å². The molecule has 0 aromatic heterocycles. The predicted molar refractivity (Wildman–Crippen MR) is 129 cm³/mol. The van der Waals surface area contributed by atoms with Crippen LogP contribution < -0.4 is 21.5 Å². The second kappa shape index (κ2) is 11.1. The Balaban J connectivity index is 1.26. The van der Waals surface area contributed by atoms with Gasteiger partial charge < -0.3 is 10.6 Å². The van der Waals surface area contributed by atoms with Gasteiger partial charge in [0.15, 0.2) is 0 Å². The summed E-state index contributed by atoms with van der Waals surface area (Å²) in [6.45, 7) is 5.25. The Morgan fingerprint density at radius 3 is 2.65 bits per heavy atom. The first-order valence-corrected chi connectivity index (χ1v) is 12.6. The van der Waals surface area contributed by atoms with E-state index in [0.29, 0.717) is 18.5 Å². The number of carbonyl (C=O) groups is 2. The molecule has 3 fully saturated rings. The summed E-state index contributed by atoms with van der Waals surface area (Å²) in [5.74, 6) is 0.457. The normalized spacial score (nSPS) is 31.0. The number of hydrogen-bond donors (Lipinski definition) is 4. The number of fused-ring (bicyclic) bond motifs is 1. The fourth-order valence-electron chi connectivity index (χ4n) is 5.78. The van der Waals surface area contributed by atoms with Gasteiger partial charge in [-0.05, 0) is 56.3 Å². The summed E-state index contributed by atoms with van der Waals surface area (Å²) >= 11 is 0. The summed E-state index contributed by atoms with van der Waals surface area (Å²) in [4.78, 5) is 29.8. The van der Waals surface area contributed by atoms with Crippen LogP contribution in [0, 0.1) is 11.7 Å². The van der Waals surface area contributed by atoms with E-state index >= 15 is 0 Å². The lowest BCUT2D eigenvalue weighted by molar-refractivity contribution is -0.129. The molecule has 6 atom stereocenters. The van der Waals surface area contributed by atoms with Crippen molar-refractivity contribution in [2.24, 2.45) is 5.92 Å². The maximum absolute atomic E-state index is 13.2. The summed E-state index contributed by atoms with van der Waals surface area (Å²) in [5, 5.41) is 5.89. The summed E-state index contributed by atoms with van der Waals surface area (Å²) < 4.78 is 13.2. The molecule has 3 aliphatic rings. The summed E-state index contributed by atoms with van der Waals surface area (Å²) in [6, 6.07) is 6.96. The molecule has 4 rings (SSSR count). The van der Waals surface area contributed by atoms with E-state index < -0.39 is 0 Å². The number of carbonyl (C=O) groups excluding carboxylic acids is 2. The van der Waals surface area contributed by atoms with Crippen molar-refractivity contribution in [3.63, 3.8) is 0 Å². The molecule has 0 spiro atoms. The minimum Gasteiger partial charge on any atom is -0.358 e. The molecule has 9 heteroatoms. The Morgan fingerprint density at radius 2 is 1.91 bits per heavy atom. The number of nitrogens with one attached hydrogen (secondary N) is 4. The average Bonchev–Trinajstić information content (AvgIpc) is 3.27. The van der Waals surface area contributed by atoms with Gasteiger partial charge in [-0.25, -0.2) is 9.82 Å². The zero-order valence-electron chi connectivity index (χ0n) is 20.5. The molecule has 6 unspecified atom stereocenters. The molecule has 2 aliphatic heterocycles. The van der Waals surface area contributed by atoms with Gasteiger partial charge in [0, 0.05) is 51.2 Å². The number of likely N-dealkylation sites (N-methyl/N-ethyl adjacent to an activating group) is 2. The number of halogens is 1. The van der Waals surface area contributed by atoms with Crippen LogP contribution in [0.2, 0.25) is 0 Å². The van der Waals surface area contributed by atoms with Crippen molar-refractivity contribution in [1.82, 2.24) is 31.3 Å². The van der Waals surface area contributed by atoms with Crippen LogP contribution in [0.1, 0.15) is 44.1 Å². The predicted octanol–water partition coefficient (Wildman–Crippen LogP) is 0.811. The van der Waals surface area contributed by atoms with Gasteiger partial charge >= 0.3 is 0 Å². The maximum Gasteiger partial charge on any atom is 0.238 e. The molecule has 1 aliphatic carbocycles. The largest absolute Gasteiger partial charge is 0.358 e. The molecule has 34 heavy (non-hydrogen) atoms. The van der Waals surface area contributed by atoms with Crippen molar-refractivity contribution >= 4 is 11.8 Å². The zero-order valence-corrected chi connectivity index (χ0v) is 20.5. The summed E-state index contributed by atoms with van der Waals surface area (Å²) in [5.41, 5.74) is 7.61. The Morgan fingerprint density at radius 1 is 1.15 bits per heavy atom. The summed E-state index contributed by atoms with van der Waals surface area (Å²) in [7, 11) is 3.71. The van der Waals surface area contributed by atoms with Crippen LogP contribution in [0.15, 0.2) is 24.3 Å². The number of hydrogen-bond acceptors (Lipinski definition) is 6. The van der Waals surface area contributed by atoms with Gasteiger partial charge in [0.25, 0.3) is 0 Å². The van der Waals surface area contributed by atoms with Crippen molar-refractivity contribution in [3.8, 4) is 0 Å². The lowest BCUT2D eigenvalue weighted by Crippen LogP contribution is -2.60. The highest BCUT2D eigenvalue weighted by Crippen LogP contribution is 2.33. The lowest BCUT2D eigenvalue weighted by Gasteiger charge is -2.45. The highest BCUT2D eigenvalue weighted by molar-refractivity contribution is 5.82. The molecule has 0 radical (unpaired) electrons. The minimum atomic E-state index is -0.228. The van der Waals surface area contributed by atoms with E-state index in [1.54, 1.807) is 7.05 Å². The smallest absolute Gasteiger partial charge is 0.238 e. The van der Waals surface area contributed by atoms with Gasteiger partial charge in [-0.1, -0.05) is 19.1 Å². The van der Waals surface area contributed by atoms with Crippen LogP contribution in [0.5, 0.6) is 0 Å². The maximum atomic E-state index is 13.2. The van der Waals surface area contributed by atoms with Gasteiger partial charge in [0.2, 0.25) is 11.8 Å². The highest BCUT2D eigenvalue weighted by atomic mass is 19.1. The van der Waals surface area contributed by atoms with Gasteiger partial charge in [0.1, 0.15) is 17.9 Å². The number of amides is 2. The molecule has 1 aromatic carbocycles. The number of hydrazine groups is 1. The number of nitrogens with zero attached hydrogens (tertiary/aromatic N) is 2. The quantitative estimate of drug-likeness (QED) is 0.468. The zero-order chi connectivity index (χ0) is 24.2. The van der Waals surface area contributed by atoms with E-state index in [1.165, 1.54) is 12.1 Å². The molecule has 4 N–H and O–H groups in total. The molecule has 2 saturated heterocycles. The van der Waals surface area contributed by atoms with Crippen molar-refractivity contribution in [2.45, 2.75) is 62.7 Å². The van der Waals surface area contributed by atoms with Crippen molar-refractivity contribution in [1.29, 1.82) is 0 Å². The molecule has 2 heterocycles. The van der Waals surface area contributed by atoms with E-state index in [0.717, 1.165) is 50.9 Å². The molecule has 188 valence electrons. The van der Waals surface area contributed by atoms with Crippen molar-refractivity contribution in [3.05, 3.63) is 35.6 Å². The first kappa shape index (κ1) is 25.0. The number of rotatable bonds is 7. The van der Waals surface area contributed by atoms with Crippen LogP contribution in [-0.2, 0) is 9.59 Å². The Hall–Kier alpha value is -2.07. The third-order valence-corrected chi connectivity index (χ3v) is 8.07. The first-order valence-electron chi connectivity index (χ1n) is 12.6. The third-order valence-electron chi connectivity index (χ3n) is 8.07. The second-order valence-electron chi connectivity index (χ2n) is 10.1. The standard InChI is InChI=1S/C25H39FN6O2/c1-16(17-4-6-18(26)7-5-17)10-11-28-24(33)22-15-32(13-12-31(22)3)19-8-9-20-21(14-19)29-30-23(20)25(34)27-2/h4-7,16,19-23,29-30H,8-15H2,1-3H3,(H,27,34)(H,28,33). The SMILES string of the molecule is CNC(=O)C1NNC2CC(N3CCN(C)C(C(=O)NCCC(C)c4ccc(F)cc4)C3)CCC21. The third kappa shape index (κ3) is 5.59. The topological polar surface area (TPSA) is 88.7 Å². The van der Waals surface area contributed by atoms with E-state index in [-0.39, 0.29) is 41.7 Å². The van der Waals surface area contributed by atoms with Crippen LogP contribution in [0.3, 0.4) is 0 Å². The lowest BCUT2D eigenvalue weighted by atomic mass is 9.78. The van der Waals surface area contributed by atoms with E-state index in [4.69, 9.17) is 0 Å². The molecule has 0 bridgehead atoms. The highest BCUT2D eigenvalue weighted by Gasteiger charge is 2.45. The van der Waals surface area contributed by atoms with E-state index in [9.17, 15) is 14.0 Å². The Kier molecular flexibility index (Phi) is 8.18. The fourth-order valence-corrected chi connectivity index (χ4v) is 5.78. The molecule has 8 nitrogen and oxygen atoms in total. The second-order valence-corrected chi connectivity index (χ2v) is 10.1. The van der Waals surface area contributed by atoms with Crippen molar-refractivity contribution < 1.29 is 14.0 Å². The molecule has 2 amide bonds. The minimum absolute atomic E-state index is 0.0449. The Labute approximate surface area is 202 Å². The van der Waals surface area contributed by atoms with Crippen LogP contribution in [0.25, 0.3) is 0 Å². The Bertz CT molecular complexity index is 852.